The van der Waals surface area contributed by atoms with Gasteiger partial charge in [-0.15, -0.1) is 0 Å². The molecule has 76 valence electrons. The number of ether oxygens (including phenoxy) is 1. The fourth-order valence-corrected chi connectivity index (χ4v) is 1.40. The van der Waals surface area contributed by atoms with Gasteiger partial charge in [0.1, 0.15) is 5.76 Å². The van der Waals surface area contributed by atoms with Crippen molar-refractivity contribution >= 4 is 0 Å². The van der Waals surface area contributed by atoms with Crippen LogP contribution in [0, 0.1) is 0 Å². The van der Waals surface area contributed by atoms with Crippen LogP contribution in [0.25, 0.3) is 0 Å². The zero-order valence-electron chi connectivity index (χ0n) is 9.08. The Morgan fingerprint density at radius 2 is 2.14 bits per heavy atom. The van der Waals surface area contributed by atoms with Crippen LogP contribution < -0.4 is 0 Å². The lowest BCUT2D eigenvalue weighted by Gasteiger charge is -2.17. The van der Waals surface area contributed by atoms with Crippen molar-refractivity contribution in [1.82, 2.24) is 4.90 Å². The summed E-state index contributed by atoms with van der Waals surface area (Å²) in [6, 6.07) is 0. The Bertz CT molecular complexity index is 308. The Morgan fingerprint density at radius 1 is 1.43 bits per heavy atom. The number of rotatable bonds is 3. The van der Waals surface area contributed by atoms with E-state index in [1.807, 2.05) is 26.2 Å². The monoisotopic (exact) mass is 191 g/mol. The number of nitrogens with zero attached hydrogens (tertiary/aromatic N) is 1. The molecule has 0 radical (unpaired) electrons. The number of hydrogen-bond donors (Lipinski definition) is 0. The van der Waals surface area contributed by atoms with Gasteiger partial charge in [-0.2, -0.15) is 0 Å². The maximum atomic E-state index is 5.23. The summed E-state index contributed by atoms with van der Waals surface area (Å²) >= 11 is 0. The van der Waals surface area contributed by atoms with Gasteiger partial charge in [0.25, 0.3) is 0 Å². The highest BCUT2D eigenvalue weighted by atomic mass is 16.5. The third kappa shape index (κ3) is 2.28. The third-order valence-electron chi connectivity index (χ3n) is 2.17. The van der Waals surface area contributed by atoms with Crippen LogP contribution in [0.3, 0.4) is 0 Å². The lowest BCUT2D eigenvalue weighted by atomic mass is 10.1. The van der Waals surface area contributed by atoms with Gasteiger partial charge in [0, 0.05) is 25.9 Å². The molecular weight excluding hydrogens is 174 g/mol. The van der Waals surface area contributed by atoms with E-state index in [4.69, 9.17) is 4.74 Å². The summed E-state index contributed by atoms with van der Waals surface area (Å²) in [5.74, 6) is 0.904. The Morgan fingerprint density at radius 3 is 2.64 bits per heavy atom. The second-order valence-electron chi connectivity index (χ2n) is 3.33. The molecule has 0 aromatic rings. The SMILES string of the molecule is C=CC1=CCC=C(OC)C=C1N(C)C. The molecule has 0 saturated heterocycles. The van der Waals surface area contributed by atoms with Crippen LogP contribution in [0.2, 0.25) is 0 Å². The van der Waals surface area contributed by atoms with Crippen LogP contribution in [-0.2, 0) is 4.74 Å². The Kier molecular flexibility index (Phi) is 3.57. The minimum Gasteiger partial charge on any atom is -0.497 e. The van der Waals surface area contributed by atoms with E-state index in [9.17, 15) is 0 Å². The molecule has 0 bridgehead atoms. The van der Waals surface area contributed by atoms with Crippen LogP contribution in [0.5, 0.6) is 0 Å². The highest BCUT2D eigenvalue weighted by Crippen LogP contribution is 2.20. The first-order valence-corrected chi connectivity index (χ1v) is 4.65. The molecule has 0 saturated carbocycles. The minimum atomic E-state index is 0.887. The number of likely N-dealkylation sites (N-methyl/N-ethyl adjacent to an activating group) is 1. The zero-order valence-corrected chi connectivity index (χ0v) is 9.08. The quantitative estimate of drug-likeness (QED) is 0.679. The Hall–Kier alpha value is -1.44. The lowest BCUT2D eigenvalue weighted by molar-refractivity contribution is 0.304. The van der Waals surface area contributed by atoms with Gasteiger partial charge in [0.2, 0.25) is 0 Å². The van der Waals surface area contributed by atoms with Gasteiger partial charge in [0.05, 0.1) is 7.11 Å². The molecule has 1 aliphatic rings. The topological polar surface area (TPSA) is 12.5 Å². The molecule has 0 aromatic heterocycles. The van der Waals surface area contributed by atoms with Crippen molar-refractivity contribution in [3.8, 4) is 0 Å². The summed E-state index contributed by atoms with van der Waals surface area (Å²) in [6.45, 7) is 3.81. The summed E-state index contributed by atoms with van der Waals surface area (Å²) in [5.41, 5.74) is 2.28. The first kappa shape index (κ1) is 10.6. The van der Waals surface area contributed by atoms with E-state index in [1.54, 1.807) is 7.11 Å². The van der Waals surface area contributed by atoms with Gasteiger partial charge in [0.15, 0.2) is 0 Å². The fourth-order valence-electron chi connectivity index (χ4n) is 1.40. The van der Waals surface area contributed by atoms with Crippen molar-refractivity contribution in [3.63, 3.8) is 0 Å². The molecule has 1 rings (SSSR count). The molecule has 0 atom stereocenters. The van der Waals surface area contributed by atoms with Crippen molar-refractivity contribution < 1.29 is 4.74 Å². The van der Waals surface area contributed by atoms with Crippen LogP contribution >= 0.6 is 0 Å². The lowest BCUT2D eigenvalue weighted by Crippen LogP contribution is -2.12. The molecule has 0 amide bonds. The highest BCUT2D eigenvalue weighted by Gasteiger charge is 2.08. The van der Waals surface area contributed by atoms with Crippen molar-refractivity contribution in [2.75, 3.05) is 21.2 Å². The largest absolute Gasteiger partial charge is 0.497 e. The molecule has 0 fully saturated rings. The van der Waals surface area contributed by atoms with Crippen molar-refractivity contribution in [2.24, 2.45) is 0 Å². The van der Waals surface area contributed by atoms with Crippen molar-refractivity contribution in [3.05, 3.63) is 47.9 Å². The minimum absolute atomic E-state index is 0.887. The smallest absolute Gasteiger partial charge is 0.117 e. The molecule has 2 nitrogen and oxygen atoms in total. The second-order valence-corrected chi connectivity index (χ2v) is 3.33. The van der Waals surface area contributed by atoms with Gasteiger partial charge in [-0.05, 0) is 18.1 Å². The van der Waals surface area contributed by atoms with E-state index < -0.39 is 0 Å². The first-order valence-electron chi connectivity index (χ1n) is 4.65. The van der Waals surface area contributed by atoms with Gasteiger partial charge < -0.3 is 9.64 Å². The van der Waals surface area contributed by atoms with E-state index in [0.29, 0.717) is 0 Å². The molecule has 0 unspecified atom stereocenters. The maximum absolute atomic E-state index is 5.23. The summed E-state index contributed by atoms with van der Waals surface area (Å²) in [5, 5.41) is 0. The van der Waals surface area contributed by atoms with Crippen LogP contribution in [0.1, 0.15) is 6.42 Å². The average molecular weight is 191 g/mol. The number of methoxy groups -OCH3 is 1. The zero-order chi connectivity index (χ0) is 10.6. The van der Waals surface area contributed by atoms with E-state index in [2.05, 4.69) is 23.6 Å². The molecule has 1 aliphatic carbocycles. The standard InChI is InChI=1S/C12H17NO/c1-5-10-7-6-8-11(14-4)9-12(10)13(2)3/h5,7-9H,1,6H2,2-4H3. The molecule has 0 aliphatic heterocycles. The van der Waals surface area contributed by atoms with E-state index in [0.717, 1.165) is 23.5 Å². The summed E-state index contributed by atoms with van der Waals surface area (Å²) < 4.78 is 5.23. The van der Waals surface area contributed by atoms with Gasteiger partial charge in [-0.25, -0.2) is 0 Å². The van der Waals surface area contributed by atoms with Crippen LogP contribution in [0.4, 0.5) is 0 Å². The summed E-state index contributed by atoms with van der Waals surface area (Å²) in [6.07, 6.45) is 8.99. The van der Waals surface area contributed by atoms with E-state index in [-0.39, 0.29) is 0 Å². The van der Waals surface area contributed by atoms with Crippen LogP contribution in [0.15, 0.2) is 47.9 Å². The second kappa shape index (κ2) is 4.70. The molecule has 0 heterocycles. The molecule has 0 N–H and O–H groups in total. The Labute approximate surface area is 85.9 Å². The number of allylic oxidation sites excluding steroid dienone is 4. The molecular formula is C12H17NO. The normalized spacial score (nSPS) is 16.1. The average Bonchev–Trinajstić information content (AvgIpc) is 2.38. The molecule has 14 heavy (non-hydrogen) atoms. The van der Waals surface area contributed by atoms with E-state index in [1.165, 1.54) is 0 Å². The highest BCUT2D eigenvalue weighted by molar-refractivity contribution is 5.43. The molecule has 0 aromatic carbocycles. The van der Waals surface area contributed by atoms with Gasteiger partial charge in [-0.1, -0.05) is 18.7 Å². The summed E-state index contributed by atoms with van der Waals surface area (Å²) in [7, 11) is 5.72. The Balaban J connectivity index is 3.06. The van der Waals surface area contributed by atoms with Crippen LogP contribution in [-0.4, -0.2) is 26.1 Å². The first-order chi connectivity index (χ1) is 6.69. The van der Waals surface area contributed by atoms with E-state index >= 15 is 0 Å². The molecule has 2 heteroatoms. The number of hydrogen-bond acceptors (Lipinski definition) is 2. The summed E-state index contributed by atoms with van der Waals surface area (Å²) in [4.78, 5) is 2.06. The fraction of sp³-hybridized carbons (Fsp3) is 0.333. The molecule has 0 spiro atoms. The van der Waals surface area contributed by atoms with Crippen molar-refractivity contribution in [1.29, 1.82) is 0 Å². The third-order valence-corrected chi connectivity index (χ3v) is 2.17. The predicted molar refractivity (Wildman–Crippen MR) is 59.8 cm³/mol. The predicted octanol–water partition coefficient (Wildman–Crippen LogP) is 2.48. The van der Waals surface area contributed by atoms with Gasteiger partial charge in [-0.3, -0.25) is 0 Å². The van der Waals surface area contributed by atoms with Crippen molar-refractivity contribution in [2.45, 2.75) is 6.42 Å². The van der Waals surface area contributed by atoms with Gasteiger partial charge >= 0.3 is 0 Å². The maximum Gasteiger partial charge on any atom is 0.117 e.